The first-order valence-corrected chi connectivity index (χ1v) is 13.5. The van der Waals surface area contributed by atoms with Gasteiger partial charge < -0.3 is 29.2 Å². The third-order valence-corrected chi connectivity index (χ3v) is 7.37. The molecule has 36 heavy (non-hydrogen) atoms. The number of esters is 1. The van der Waals surface area contributed by atoms with Crippen LogP contribution in [-0.2, 0) is 23.7 Å². The standard InChI is InChI=1S/C27H46F2O7/c1-33-17-10-16-27(28,29)24(31)13-9-12-21-20(11-5-3-4-6-14-25(32)34-2)22(30)19-23(21)36-26-15-7-8-18-35-26/h9,13,20-24,26,30-31H,3-8,10-12,14-19H2,1-2H3/b13-9+/t20-,21-,22+,23-,24?,26?/m1/s1. The average Bonchev–Trinajstić information content (AvgIpc) is 3.15. The molecule has 0 spiro atoms. The molecule has 7 nitrogen and oxygen atoms in total. The van der Waals surface area contributed by atoms with E-state index in [0.717, 1.165) is 51.4 Å². The Kier molecular flexibility index (Phi) is 14.4. The molecule has 9 heteroatoms. The largest absolute Gasteiger partial charge is 0.469 e. The molecule has 0 aromatic heterocycles. The van der Waals surface area contributed by atoms with Gasteiger partial charge in [0.25, 0.3) is 5.92 Å². The second-order valence-electron chi connectivity index (χ2n) is 10.1. The molecule has 0 aromatic carbocycles. The van der Waals surface area contributed by atoms with Gasteiger partial charge in [-0.25, -0.2) is 8.78 Å². The fourth-order valence-electron chi connectivity index (χ4n) is 5.26. The minimum Gasteiger partial charge on any atom is -0.469 e. The fourth-order valence-corrected chi connectivity index (χ4v) is 5.26. The molecule has 0 radical (unpaired) electrons. The van der Waals surface area contributed by atoms with Crippen LogP contribution in [0, 0.1) is 11.8 Å². The number of hydrogen-bond acceptors (Lipinski definition) is 7. The van der Waals surface area contributed by atoms with E-state index in [0.29, 0.717) is 25.9 Å². The van der Waals surface area contributed by atoms with Crippen molar-refractivity contribution < 1.29 is 42.7 Å². The molecule has 0 bridgehead atoms. The monoisotopic (exact) mass is 520 g/mol. The van der Waals surface area contributed by atoms with Gasteiger partial charge in [0.15, 0.2) is 6.29 Å². The first-order valence-electron chi connectivity index (χ1n) is 13.5. The van der Waals surface area contributed by atoms with Crippen molar-refractivity contribution in [2.75, 3.05) is 27.4 Å². The molecule has 1 saturated heterocycles. The lowest BCUT2D eigenvalue weighted by molar-refractivity contribution is -0.196. The van der Waals surface area contributed by atoms with E-state index in [2.05, 4.69) is 4.74 Å². The van der Waals surface area contributed by atoms with Gasteiger partial charge in [0.2, 0.25) is 0 Å². The van der Waals surface area contributed by atoms with Crippen LogP contribution in [0.3, 0.4) is 0 Å². The Bertz CT molecular complexity index is 640. The summed E-state index contributed by atoms with van der Waals surface area (Å²) in [6, 6.07) is 0. The molecule has 1 aliphatic carbocycles. The average molecular weight is 521 g/mol. The van der Waals surface area contributed by atoms with E-state index in [4.69, 9.17) is 14.2 Å². The number of rotatable bonds is 17. The lowest BCUT2D eigenvalue weighted by Crippen LogP contribution is -2.32. The van der Waals surface area contributed by atoms with E-state index in [1.54, 1.807) is 6.08 Å². The summed E-state index contributed by atoms with van der Waals surface area (Å²) >= 11 is 0. The van der Waals surface area contributed by atoms with Crippen LogP contribution < -0.4 is 0 Å². The molecular weight excluding hydrogens is 474 g/mol. The summed E-state index contributed by atoms with van der Waals surface area (Å²) in [7, 11) is 2.84. The molecule has 1 saturated carbocycles. The molecule has 0 aromatic rings. The van der Waals surface area contributed by atoms with Crippen LogP contribution in [-0.4, -0.2) is 74.1 Å². The van der Waals surface area contributed by atoms with Crippen LogP contribution in [0.25, 0.3) is 0 Å². The van der Waals surface area contributed by atoms with Gasteiger partial charge in [0, 0.05) is 39.6 Å². The molecule has 0 amide bonds. The maximum Gasteiger partial charge on any atom is 0.305 e. The van der Waals surface area contributed by atoms with Crippen molar-refractivity contribution in [3.63, 3.8) is 0 Å². The summed E-state index contributed by atoms with van der Waals surface area (Å²) in [4.78, 5) is 11.3. The first kappa shape index (κ1) is 31.1. The summed E-state index contributed by atoms with van der Waals surface area (Å²) in [6.45, 7) is 0.877. The van der Waals surface area contributed by atoms with Gasteiger partial charge in [-0.15, -0.1) is 0 Å². The van der Waals surface area contributed by atoms with Crippen LogP contribution in [0.1, 0.15) is 83.5 Å². The first-order chi connectivity index (χ1) is 17.3. The molecule has 2 N–H and O–H groups in total. The Balaban J connectivity index is 1.93. The van der Waals surface area contributed by atoms with Crippen molar-refractivity contribution in [3.05, 3.63) is 12.2 Å². The fraction of sp³-hybridized carbons (Fsp3) is 0.889. The second-order valence-corrected chi connectivity index (χ2v) is 10.1. The number of hydrogen-bond donors (Lipinski definition) is 2. The number of allylic oxidation sites excluding steroid dienone is 1. The van der Waals surface area contributed by atoms with E-state index in [-0.39, 0.29) is 43.2 Å². The smallest absolute Gasteiger partial charge is 0.305 e. The minimum atomic E-state index is -3.22. The Hall–Kier alpha value is -1.13. The predicted octanol–water partition coefficient (Wildman–Crippen LogP) is 4.78. The molecule has 210 valence electrons. The third kappa shape index (κ3) is 10.7. The number of halogens is 2. The summed E-state index contributed by atoms with van der Waals surface area (Å²) in [5, 5.41) is 20.9. The van der Waals surface area contributed by atoms with E-state index < -0.39 is 24.6 Å². The van der Waals surface area contributed by atoms with Gasteiger partial charge >= 0.3 is 5.97 Å². The lowest BCUT2D eigenvalue weighted by Gasteiger charge is -2.30. The van der Waals surface area contributed by atoms with Gasteiger partial charge in [-0.3, -0.25) is 4.79 Å². The zero-order valence-corrected chi connectivity index (χ0v) is 21.9. The number of ether oxygens (including phenoxy) is 4. The van der Waals surface area contributed by atoms with Crippen LogP contribution in [0.2, 0.25) is 0 Å². The van der Waals surface area contributed by atoms with Gasteiger partial charge in [0.05, 0.1) is 19.3 Å². The zero-order chi connectivity index (χ0) is 26.4. The maximum atomic E-state index is 14.2. The minimum absolute atomic E-state index is 0.0248. The van der Waals surface area contributed by atoms with Crippen molar-refractivity contribution in [2.24, 2.45) is 11.8 Å². The molecule has 1 heterocycles. The summed E-state index contributed by atoms with van der Waals surface area (Å²) in [5.41, 5.74) is 0. The van der Waals surface area contributed by atoms with Gasteiger partial charge in [-0.2, -0.15) is 0 Å². The van der Waals surface area contributed by atoms with Crippen molar-refractivity contribution in [1.82, 2.24) is 0 Å². The van der Waals surface area contributed by atoms with Crippen molar-refractivity contribution in [2.45, 2.75) is 114 Å². The summed E-state index contributed by atoms with van der Waals surface area (Å²) in [5.74, 6) is -3.50. The number of aliphatic hydroxyl groups excluding tert-OH is 2. The molecule has 2 fully saturated rings. The number of carbonyl (C=O) groups is 1. The van der Waals surface area contributed by atoms with Crippen LogP contribution in [0.15, 0.2) is 12.2 Å². The Labute approximate surface area is 214 Å². The lowest BCUT2D eigenvalue weighted by atomic mass is 9.86. The highest BCUT2D eigenvalue weighted by Gasteiger charge is 2.43. The topological polar surface area (TPSA) is 94.5 Å². The van der Waals surface area contributed by atoms with Crippen LogP contribution in [0.5, 0.6) is 0 Å². The molecular formula is C27H46F2O7. The van der Waals surface area contributed by atoms with Gasteiger partial charge in [0.1, 0.15) is 6.10 Å². The van der Waals surface area contributed by atoms with E-state index in [1.807, 2.05) is 0 Å². The number of carbonyl (C=O) groups excluding carboxylic acids is 1. The third-order valence-electron chi connectivity index (χ3n) is 7.37. The highest BCUT2D eigenvalue weighted by molar-refractivity contribution is 5.68. The molecule has 1 aliphatic heterocycles. The number of alkyl halides is 2. The number of aliphatic hydroxyl groups is 2. The van der Waals surface area contributed by atoms with Gasteiger partial charge in [-0.05, 0) is 56.8 Å². The Morgan fingerprint density at radius 1 is 1.14 bits per heavy atom. The second kappa shape index (κ2) is 16.7. The Morgan fingerprint density at radius 2 is 1.92 bits per heavy atom. The van der Waals surface area contributed by atoms with Crippen molar-refractivity contribution in [3.8, 4) is 0 Å². The SMILES string of the molecule is COCCCC(F)(F)C(O)/C=C/C[C@@H]1[C@@H](CCCCCCC(=O)OC)[C@@H](O)C[C@H]1OC1CCCCO1. The molecule has 2 unspecified atom stereocenters. The highest BCUT2D eigenvalue weighted by Crippen LogP contribution is 2.41. The maximum absolute atomic E-state index is 14.2. The predicted molar refractivity (Wildman–Crippen MR) is 132 cm³/mol. The molecule has 6 atom stereocenters. The number of unbranched alkanes of at least 4 members (excludes halogenated alkanes) is 3. The Morgan fingerprint density at radius 3 is 2.61 bits per heavy atom. The highest BCUT2D eigenvalue weighted by atomic mass is 19.3. The molecule has 2 aliphatic rings. The van der Waals surface area contributed by atoms with E-state index in [1.165, 1.54) is 20.3 Å². The summed E-state index contributed by atoms with van der Waals surface area (Å²) < 4.78 is 50.0. The van der Waals surface area contributed by atoms with Gasteiger partial charge in [-0.1, -0.05) is 31.4 Å². The summed E-state index contributed by atoms with van der Waals surface area (Å²) in [6.07, 6.45) is 8.07. The normalized spacial score (nSPS) is 28.0. The zero-order valence-electron chi connectivity index (χ0n) is 21.9. The van der Waals surface area contributed by atoms with E-state index in [9.17, 15) is 23.8 Å². The number of methoxy groups -OCH3 is 2. The van der Waals surface area contributed by atoms with E-state index >= 15 is 0 Å². The van der Waals surface area contributed by atoms with Crippen molar-refractivity contribution >= 4 is 5.97 Å². The van der Waals surface area contributed by atoms with Crippen molar-refractivity contribution in [1.29, 1.82) is 0 Å². The quantitative estimate of drug-likeness (QED) is 0.162. The van der Waals surface area contributed by atoms with Crippen LogP contribution >= 0.6 is 0 Å². The molecule has 2 rings (SSSR count). The van der Waals surface area contributed by atoms with Crippen LogP contribution in [0.4, 0.5) is 8.78 Å².